The summed E-state index contributed by atoms with van der Waals surface area (Å²) in [5.41, 5.74) is 14.9. The van der Waals surface area contributed by atoms with Gasteiger partial charge in [0.15, 0.2) is 17.7 Å². The van der Waals surface area contributed by atoms with E-state index in [1.807, 2.05) is 0 Å². The highest BCUT2D eigenvalue weighted by atomic mass is 16.6. The first-order valence-electron chi connectivity index (χ1n) is 6.47. The number of hydrogen-bond donors (Lipinski definition) is 6. The van der Waals surface area contributed by atoms with Crippen molar-refractivity contribution in [3.8, 4) is 0 Å². The first-order chi connectivity index (χ1) is 10.9. The van der Waals surface area contributed by atoms with Crippen LogP contribution in [0.15, 0.2) is 12.7 Å². The number of ether oxygens (including phenoxy) is 1. The molecule has 0 saturated carbocycles. The van der Waals surface area contributed by atoms with Crippen molar-refractivity contribution in [1.82, 2.24) is 19.5 Å². The van der Waals surface area contributed by atoms with Crippen molar-refractivity contribution in [2.75, 3.05) is 12.3 Å². The number of nitrogens with two attached hydrogens (primary N) is 3. The molecule has 1 aliphatic rings. The quantitative estimate of drug-likeness (QED) is 0.332. The molecule has 3 heterocycles. The number of rotatable bonds is 2. The van der Waals surface area contributed by atoms with Crippen molar-refractivity contribution in [2.45, 2.75) is 24.5 Å². The van der Waals surface area contributed by atoms with Crippen LogP contribution < -0.4 is 17.2 Å². The molecule has 0 aliphatic carbocycles. The van der Waals surface area contributed by atoms with E-state index in [2.05, 4.69) is 26.4 Å². The number of aliphatic hydroxyl groups excluding tert-OH is 3. The number of primary amides is 2. The lowest BCUT2D eigenvalue weighted by Gasteiger charge is -2.16. The summed E-state index contributed by atoms with van der Waals surface area (Å²) in [5.74, 6) is 0.218. The summed E-state index contributed by atoms with van der Waals surface area (Å²) < 4.78 is 6.85. The average molecular weight is 327 g/mol. The summed E-state index contributed by atoms with van der Waals surface area (Å²) in [5, 5.41) is 28.7. The molecule has 1 aliphatic heterocycles. The van der Waals surface area contributed by atoms with Crippen LogP contribution in [0, 0.1) is 0 Å². The number of nitrogen functional groups attached to an aromatic ring is 1. The number of urea groups is 1. The van der Waals surface area contributed by atoms with Gasteiger partial charge in [0, 0.05) is 0 Å². The van der Waals surface area contributed by atoms with Gasteiger partial charge in [0.2, 0.25) is 0 Å². The Morgan fingerprint density at radius 2 is 1.91 bits per heavy atom. The third-order valence-electron chi connectivity index (χ3n) is 3.18. The molecule has 4 atom stereocenters. The topological polar surface area (TPSA) is 209 Å². The SMILES string of the molecule is NC(N)=O.Nc1ncnc2c1ncn2[C@@H]1O[C@H](CO)[C@@H](O)[C@H]1O. The number of aliphatic hydroxyl groups is 3. The molecular weight excluding hydrogens is 310 g/mol. The zero-order valence-electron chi connectivity index (χ0n) is 11.9. The molecule has 0 spiro atoms. The maximum absolute atomic E-state index is 9.95. The highest BCUT2D eigenvalue weighted by molar-refractivity contribution is 5.81. The molecule has 0 unspecified atom stereocenters. The molecule has 1 fully saturated rings. The molecule has 2 aromatic rings. The van der Waals surface area contributed by atoms with E-state index in [-0.39, 0.29) is 5.82 Å². The van der Waals surface area contributed by atoms with Crippen molar-refractivity contribution in [2.24, 2.45) is 11.5 Å². The van der Waals surface area contributed by atoms with Crippen molar-refractivity contribution in [1.29, 1.82) is 0 Å². The molecule has 126 valence electrons. The fourth-order valence-corrected chi connectivity index (χ4v) is 2.17. The lowest BCUT2D eigenvalue weighted by molar-refractivity contribution is -0.0511. The zero-order chi connectivity index (χ0) is 17.1. The van der Waals surface area contributed by atoms with Gasteiger partial charge >= 0.3 is 6.03 Å². The molecule has 12 heteroatoms. The van der Waals surface area contributed by atoms with E-state index in [4.69, 9.17) is 20.4 Å². The lowest BCUT2D eigenvalue weighted by atomic mass is 10.1. The number of carbonyl (C=O) groups excluding carboxylic acids is 1. The Labute approximate surface area is 129 Å². The van der Waals surface area contributed by atoms with Crippen LogP contribution >= 0.6 is 0 Å². The highest BCUT2D eigenvalue weighted by Crippen LogP contribution is 2.31. The standard InChI is InChI=1S/C10H13N5O4.CH4N2O/c11-8-5-9(13-2-12-8)15(3-14-5)10-7(18)6(17)4(1-16)19-10;2-1(3)4/h2-4,6-7,10,16-18H,1H2,(H2,11,12,13);(H4,2,3,4)/t4-,6-,7-,10-;/m1./s1. The Morgan fingerprint density at radius 1 is 1.26 bits per heavy atom. The van der Waals surface area contributed by atoms with Gasteiger partial charge in [-0.05, 0) is 0 Å². The summed E-state index contributed by atoms with van der Waals surface area (Å²) >= 11 is 0. The normalized spacial score (nSPS) is 26.7. The van der Waals surface area contributed by atoms with Gasteiger partial charge in [-0.3, -0.25) is 4.57 Å². The number of fused-ring (bicyclic) bond motifs is 1. The Morgan fingerprint density at radius 3 is 2.48 bits per heavy atom. The third kappa shape index (κ3) is 3.29. The molecule has 23 heavy (non-hydrogen) atoms. The van der Waals surface area contributed by atoms with Crippen molar-refractivity contribution in [3.05, 3.63) is 12.7 Å². The molecule has 0 bridgehead atoms. The third-order valence-corrected chi connectivity index (χ3v) is 3.18. The predicted molar refractivity (Wildman–Crippen MR) is 76.5 cm³/mol. The molecular formula is C11H17N7O5. The second kappa shape index (κ2) is 6.70. The van der Waals surface area contributed by atoms with E-state index in [0.717, 1.165) is 0 Å². The van der Waals surface area contributed by atoms with Crippen LogP contribution in [0.2, 0.25) is 0 Å². The van der Waals surface area contributed by atoms with Gasteiger partial charge in [0.05, 0.1) is 12.9 Å². The number of anilines is 1. The van der Waals surface area contributed by atoms with Crippen LogP contribution in [-0.2, 0) is 4.74 Å². The first kappa shape index (κ1) is 16.8. The van der Waals surface area contributed by atoms with Gasteiger partial charge in [0.1, 0.15) is 30.2 Å². The molecule has 9 N–H and O–H groups in total. The summed E-state index contributed by atoms with van der Waals surface area (Å²) in [7, 11) is 0. The van der Waals surface area contributed by atoms with Gasteiger partial charge in [0.25, 0.3) is 0 Å². The van der Waals surface area contributed by atoms with Gasteiger partial charge < -0.3 is 37.3 Å². The van der Waals surface area contributed by atoms with E-state index < -0.39 is 37.2 Å². The number of aromatic nitrogens is 4. The minimum Gasteiger partial charge on any atom is -0.394 e. The maximum atomic E-state index is 9.95. The average Bonchev–Trinajstić information content (AvgIpc) is 3.02. The van der Waals surface area contributed by atoms with Gasteiger partial charge in [-0.15, -0.1) is 0 Å². The van der Waals surface area contributed by atoms with Crippen molar-refractivity contribution < 1.29 is 24.9 Å². The monoisotopic (exact) mass is 327 g/mol. The first-order valence-corrected chi connectivity index (χ1v) is 6.47. The molecule has 0 aromatic carbocycles. The summed E-state index contributed by atoms with van der Waals surface area (Å²) in [4.78, 5) is 20.9. The number of nitrogens with zero attached hydrogens (tertiary/aromatic N) is 4. The van der Waals surface area contributed by atoms with Crippen LogP contribution in [0.1, 0.15) is 6.23 Å². The highest BCUT2D eigenvalue weighted by Gasteiger charge is 2.43. The Balaban J connectivity index is 0.000000433. The molecule has 0 radical (unpaired) electrons. The van der Waals surface area contributed by atoms with E-state index in [1.165, 1.54) is 17.2 Å². The van der Waals surface area contributed by atoms with Crippen LogP contribution in [0.5, 0.6) is 0 Å². The zero-order valence-corrected chi connectivity index (χ0v) is 11.9. The van der Waals surface area contributed by atoms with Crippen molar-refractivity contribution in [3.63, 3.8) is 0 Å². The second-order valence-electron chi connectivity index (χ2n) is 4.71. The molecule has 2 amide bonds. The lowest BCUT2D eigenvalue weighted by Crippen LogP contribution is -2.33. The molecule has 12 nitrogen and oxygen atoms in total. The second-order valence-corrected chi connectivity index (χ2v) is 4.71. The van der Waals surface area contributed by atoms with Crippen molar-refractivity contribution >= 4 is 23.0 Å². The maximum Gasteiger partial charge on any atom is 0.309 e. The predicted octanol–water partition coefficient (Wildman–Crippen LogP) is -2.96. The smallest absolute Gasteiger partial charge is 0.309 e. The van der Waals surface area contributed by atoms with E-state index in [0.29, 0.717) is 11.2 Å². The van der Waals surface area contributed by atoms with E-state index >= 15 is 0 Å². The Bertz CT molecular complexity index is 688. The van der Waals surface area contributed by atoms with Crippen LogP contribution in [0.3, 0.4) is 0 Å². The van der Waals surface area contributed by atoms with Crippen LogP contribution in [0.4, 0.5) is 10.6 Å². The van der Waals surface area contributed by atoms with Crippen LogP contribution in [0.25, 0.3) is 11.2 Å². The minimum absolute atomic E-state index is 0.218. The number of amides is 2. The van der Waals surface area contributed by atoms with E-state index in [1.54, 1.807) is 0 Å². The number of carbonyl (C=O) groups is 1. The number of imidazole rings is 1. The summed E-state index contributed by atoms with van der Waals surface area (Å²) in [6.45, 7) is -0.390. The minimum atomic E-state index is -1.19. The van der Waals surface area contributed by atoms with Gasteiger partial charge in [-0.25, -0.2) is 19.7 Å². The van der Waals surface area contributed by atoms with Gasteiger partial charge in [-0.1, -0.05) is 0 Å². The molecule has 3 rings (SSSR count). The summed E-state index contributed by atoms with van der Waals surface area (Å²) in [6.07, 6.45) is -1.42. The molecule has 1 saturated heterocycles. The Hall–Kier alpha value is -2.54. The Kier molecular flexibility index (Phi) is 4.90. The number of hydrogen-bond acceptors (Lipinski definition) is 9. The summed E-state index contributed by atoms with van der Waals surface area (Å²) in [6, 6.07) is -0.833. The fraction of sp³-hybridized carbons (Fsp3) is 0.455. The van der Waals surface area contributed by atoms with Crippen LogP contribution in [-0.4, -0.2) is 65.8 Å². The largest absolute Gasteiger partial charge is 0.394 e. The van der Waals surface area contributed by atoms with Gasteiger partial charge in [-0.2, -0.15) is 0 Å². The molecule has 2 aromatic heterocycles. The van der Waals surface area contributed by atoms with E-state index in [9.17, 15) is 10.2 Å². The fourth-order valence-electron chi connectivity index (χ4n) is 2.17.